The predicted octanol–water partition coefficient (Wildman–Crippen LogP) is 4.03. The Morgan fingerprint density at radius 2 is 1.54 bits per heavy atom. The summed E-state index contributed by atoms with van der Waals surface area (Å²) in [5.41, 5.74) is 6.05. The molecule has 0 fully saturated rings. The molecule has 0 bridgehead atoms. The molecule has 24 heavy (non-hydrogen) atoms. The number of anilines is 1. The molecule has 0 atom stereocenters. The second-order valence-corrected chi connectivity index (χ2v) is 4.86. The summed E-state index contributed by atoms with van der Waals surface area (Å²) in [7, 11) is 1.40. The van der Waals surface area contributed by atoms with Gasteiger partial charge >= 0.3 is 12.2 Å². The van der Waals surface area contributed by atoms with Crippen molar-refractivity contribution in [3.63, 3.8) is 0 Å². The van der Waals surface area contributed by atoms with E-state index in [0.717, 1.165) is 12.1 Å². The number of rotatable bonds is 3. The maximum absolute atomic E-state index is 13.2. The fraction of sp³-hybridized carbons (Fsp3) is 0.200. The second-order valence-electron chi connectivity index (χ2n) is 4.86. The summed E-state index contributed by atoms with van der Waals surface area (Å²) in [6.45, 7) is 0. The molecule has 2 N–H and O–H groups in total. The van der Waals surface area contributed by atoms with Crippen LogP contribution < -0.4 is 24.7 Å². The quantitative estimate of drug-likeness (QED) is 0.672. The van der Waals surface area contributed by atoms with Gasteiger partial charge in [0.2, 0.25) is 0 Å². The Morgan fingerprint density at radius 3 is 2.21 bits per heavy atom. The van der Waals surface area contributed by atoms with Gasteiger partial charge in [-0.1, -0.05) is 0 Å². The van der Waals surface area contributed by atoms with E-state index in [-0.39, 0.29) is 11.5 Å². The lowest BCUT2D eigenvalue weighted by Gasteiger charge is -2.31. The van der Waals surface area contributed by atoms with Crippen molar-refractivity contribution in [3.05, 3.63) is 36.4 Å². The van der Waals surface area contributed by atoms with Crippen LogP contribution in [-0.4, -0.2) is 19.3 Å². The molecule has 0 amide bonds. The van der Waals surface area contributed by atoms with Crippen LogP contribution in [0.5, 0.6) is 28.7 Å². The average Bonchev–Trinajstić information content (AvgIpc) is 2.50. The number of nitrogen functional groups attached to an aromatic ring is 1. The van der Waals surface area contributed by atoms with Crippen molar-refractivity contribution < 1.29 is 36.5 Å². The second kappa shape index (κ2) is 5.36. The van der Waals surface area contributed by atoms with E-state index in [1.165, 1.54) is 25.3 Å². The zero-order chi connectivity index (χ0) is 17.5. The maximum Gasteiger partial charge on any atom is 0.507 e. The van der Waals surface area contributed by atoms with E-state index >= 15 is 0 Å². The minimum atomic E-state index is -4.79. The molecule has 1 aliphatic rings. The van der Waals surface area contributed by atoms with Gasteiger partial charge in [-0.15, -0.1) is 0 Å². The fourth-order valence-electron chi connectivity index (χ4n) is 2.01. The van der Waals surface area contributed by atoms with Gasteiger partial charge in [-0.05, 0) is 24.3 Å². The summed E-state index contributed by atoms with van der Waals surface area (Å²) < 4.78 is 71.2. The molecule has 0 unspecified atom stereocenters. The van der Waals surface area contributed by atoms with Crippen LogP contribution in [0, 0.1) is 0 Å². The average molecular weight is 345 g/mol. The van der Waals surface area contributed by atoms with E-state index in [4.69, 9.17) is 15.2 Å². The van der Waals surface area contributed by atoms with E-state index in [0.29, 0.717) is 11.4 Å². The van der Waals surface area contributed by atoms with Gasteiger partial charge in [-0.25, -0.2) is 0 Å². The number of ether oxygens (including phenoxy) is 4. The largest absolute Gasteiger partial charge is 0.507 e. The molecule has 9 heteroatoms. The Balaban J connectivity index is 1.91. The van der Waals surface area contributed by atoms with Crippen molar-refractivity contribution in [3.8, 4) is 28.7 Å². The van der Waals surface area contributed by atoms with E-state index in [2.05, 4.69) is 9.47 Å². The van der Waals surface area contributed by atoms with Crippen LogP contribution in [0.1, 0.15) is 0 Å². The first-order valence-corrected chi connectivity index (χ1v) is 6.61. The van der Waals surface area contributed by atoms with Crippen LogP contribution in [0.15, 0.2) is 36.4 Å². The van der Waals surface area contributed by atoms with Crippen molar-refractivity contribution >= 4 is 5.69 Å². The van der Waals surface area contributed by atoms with E-state index in [9.17, 15) is 17.6 Å². The lowest BCUT2D eigenvalue weighted by Crippen LogP contribution is -2.52. The van der Waals surface area contributed by atoms with Crippen LogP contribution in [0.25, 0.3) is 0 Å². The predicted molar refractivity (Wildman–Crippen MR) is 75.1 cm³/mol. The van der Waals surface area contributed by atoms with E-state index in [1.807, 2.05) is 0 Å². The molecule has 3 rings (SSSR count). The highest BCUT2D eigenvalue weighted by Crippen LogP contribution is 2.48. The minimum absolute atomic E-state index is 0.0569. The molecule has 0 spiro atoms. The van der Waals surface area contributed by atoms with Gasteiger partial charge in [-0.2, -0.15) is 17.6 Å². The lowest BCUT2D eigenvalue weighted by molar-refractivity contribution is -0.391. The Bertz CT molecular complexity index is 782. The molecule has 0 aliphatic carbocycles. The molecule has 1 aliphatic heterocycles. The molecule has 0 saturated carbocycles. The zero-order valence-corrected chi connectivity index (χ0v) is 12.2. The van der Waals surface area contributed by atoms with Crippen molar-refractivity contribution in [1.29, 1.82) is 0 Å². The number of nitrogens with two attached hydrogens (primary N) is 1. The maximum atomic E-state index is 13.2. The van der Waals surface area contributed by atoms with Gasteiger partial charge in [-0.3, -0.25) is 0 Å². The first-order valence-electron chi connectivity index (χ1n) is 6.61. The Kier molecular flexibility index (Phi) is 3.58. The first kappa shape index (κ1) is 16.0. The van der Waals surface area contributed by atoms with Gasteiger partial charge in [0.25, 0.3) is 0 Å². The molecular weight excluding hydrogens is 334 g/mol. The highest BCUT2D eigenvalue weighted by Gasteiger charge is 2.65. The van der Waals surface area contributed by atoms with Crippen molar-refractivity contribution in [1.82, 2.24) is 0 Å². The monoisotopic (exact) mass is 345 g/mol. The number of fused-ring (bicyclic) bond motifs is 1. The van der Waals surface area contributed by atoms with E-state index < -0.39 is 23.7 Å². The van der Waals surface area contributed by atoms with Crippen LogP contribution >= 0.6 is 0 Å². The van der Waals surface area contributed by atoms with Crippen molar-refractivity contribution in [2.45, 2.75) is 12.2 Å². The van der Waals surface area contributed by atoms with Gasteiger partial charge in [0.15, 0.2) is 23.0 Å². The van der Waals surface area contributed by atoms with Gasteiger partial charge in [0, 0.05) is 17.8 Å². The summed E-state index contributed by atoms with van der Waals surface area (Å²) in [5.74, 6) is -0.482. The van der Waals surface area contributed by atoms with Crippen LogP contribution in [0.2, 0.25) is 0 Å². The van der Waals surface area contributed by atoms with Crippen molar-refractivity contribution in [2.24, 2.45) is 0 Å². The zero-order valence-electron chi connectivity index (χ0n) is 12.2. The molecule has 2 aromatic carbocycles. The molecule has 0 saturated heterocycles. The van der Waals surface area contributed by atoms with Gasteiger partial charge < -0.3 is 24.7 Å². The Labute approximate surface area is 133 Å². The third-order valence-electron chi connectivity index (χ3n) is 3.15. The van der Waals surface area contributed by atoms with E-state index in [1.54, 1.807) is 6.07 Å². The number of hydrogen-bond acceptors (Lipinski definition) is 5. The van der Waals surface area contributed by atoms with Crippen LogP contribution in [-0.2, 0) is 0 Å². The third kappa shape index (κ3) is 2.72. The summed E-state index contributed by atoms with van der Waals surface area (Å²) in [4.78, 5) is 0. The topological polar surface area (TPSA) is 62.9 Å². The Hall–Kier alpha value is -2.84. The normalized spacial score (nSPS) is 17.2. The highest BCUT2D eigenvalue weighted by molar-refractivity contribution is 5.54. The molecule has 5 nitrogen and oxygen atoms in total. The number of methoxy groups -OCH3 is 1. The minimum Gasteiger partial charge on any atom is -0.493 e. The SMILES string of the molecule is COc1cc(N)ccc1Oc1ccc2c(c1)OC(F)(F)C(F)(F)O2. The highest BCUT2D eigenvalue weighted by atomic mass is 19.3. The summed E-state index contributed by atoms with van der Waals surface area (Å²) in [6, 6.07) is 7.86. The fourth-order valence-corrected chi connectivity index (χ4v) is 2.01. The van der Waals surface area contributed by atoms with Gasteiger partial charge in [0.1, 0.15) is 5.75 Å². The molecule has 0 aromatic heterocycles. The van der Waals surface area contributed by atoms with Crippen LogP contribution in [0.4, 0.5) is 23.2 Å². The number of alkyl halides is 4. The van der Waals surface area contributed by atoms with Crippen molar-refractivity contribution in [2.75, 3.05) is 12.8 Å². The Morgan fingerprint density at radius 1 is 0.875 bits per heavy atom. The molecule has 1 heterocycles. The van der Waals surface area contributed by atoms with Crippen LogP contribution in [0.3, 0.4) is 0 Å². The molecule has 0 radical (unpaired) electrons. The van der Waals surface area contributed by atoms with Gasteiger partial charge in [0.05, 0.1) is 7.11 Å². The summed E-state index contributed by atoms with van der Waals surface area (Å²) >= 11 is 0. The number of hydrogen-bond donors (Lipinski definition) is 1. The standard InChI is InChI=1S/C15H11F4NO4/c1-21-12-6-8(20)2-4-10(12)22-9-3-5-11-13(7-9)24-15(18,19)14(16,17)23-11/h2-7H,20H2,1H3. The molecule has 128 valence electrons. The lowest BCUT2D eigenvalue weighted by atomic mass is 10.2. The molecular formula is C15H11F4NO4. The molecule has 2 aromatic rings. The smallest absolute Gasteiger partial charge is 0.493 e. The number of benzene rings is 2. The first-order chi connectivity index (χ1) is 11.2. The summed E-state index contributed by atoms with van der Waals surface area (Å²) in [6.07, 6.45) is -9.56. The number of halogens is 4. The third-order valence-corrected chi connectivity index (χ3v) is 3.15. The summed E-state index contributed by atoms with van der Waals surface area (Å²) in [5, 5.41) is 0.